The predicted molar refractivity (Wildman–Crippen MR) is 71.1 cm³/mol. The second-order valence-electron chi connectivity index (χ2n) is 5.29. The average molecular weight is 265 g/mol. The van der Waals surface area contributed by atoms with Crippen LogP contribution in [0.1, 0.15) is 31.2 Å². The summed E-state index contributed by atoms with van der Waals surface area (Å²) in [5, 5.41) is 12.3. The molecule has 1 amide bonds. The van der Waals surface area contributed by atoms with Crippen molar-refractivity contribution in [3.63, 3.8) is 0 Å². The molecule has 2 rings (SSSR count). The first-order valence-electron chi connectivity index (χ1n) is 6.82. The summed E-state index contributed by atoms with van der Waals surface area (Å²) in [6, 6.07) is 6.12. The van der Waals surface area contributed by atoms with Gasteiger partial charge in [0.05, 0.1) is 12.5 Å². The lowest BCUT2D eigenvalue weighted by atomic mass is 9.87. The van der Waals surface area contributed by atoms with Crippen LogP contribution in [0, 0.1) is 11.7 Å². The van der Waals surface area contributed by atoms with E-state index >= 15 is 0 Å². The van der Waals surface area contributed by atoms with Gasteiger partial charge in [-0.1, -0.05) is 12.1 Å². The van der Waals surface area contributed by atoms with Gasteiger partial charge in [-0.25, -0.2) is 4.39 Å². The van der Waals surface area contributed by atoms with Gasteiger partial charge in [0.15, 0.2) is 0 Å². The van der Waals surface area contributed by atoms with Crippen LogP contribution in [0.5, 0.6) is 0 Å². The number of aliphatic hydroxyl groups is 1. The van der Waals surface area contributed by atoms with Gasteiger partial charge >= 0.3 is 0 Å². The summed E-state index contributed by atoms with van der Waals surface area (Å²) in [5.41, 5.74) is 0.691. The average Bonchev–Trinajstić information content (AvgIpc) is 2.38. The molecular weight excluding hydrogens is 245 g/mol. The molecule has 3 nitrogen and oxygen atoms in total. The number of hydrogen-bond donors (Lipinski definition) is 2. The minimum Gasteiger partial charge on any atom is -0.393 e. The molecule has 0 atom stereocenters. The van der Waals surface area contributed by atoms with E-state index in [0.717, 1.165) is 25.7 Å². The van der Waals surface area contributed by atoms with Gasteiger partial charge in [-0.2, -0.15) is 0 Å². The van der Waals surface area contributed by atoms with Crippen LogP contribution in [0.25, 0.3) is 0 Å². The number of aliphatic hydroxyl groups excluding tert-OH is 1. The van der Waals surface area contributed by atoms with E-state index in [9.17, 15) is 14.3 Å². The molecule has 1 saturated carbocycles. The molecule has 1 aromatic carbocycles. The molecule has 0 radical (unpaired) electrons. The van der Waals surface area contributed by atoms with Crippen molar-refractivity contribution < 1.29 is 14.3 Å². The Morgan fingerprint density at radius 3 is 2.74 bits per heavy atom. The molecule has 4 heteroatoms. The standard InChI is InChI=1S/C15H20FNO2/c16-13-3-1-2-12(8-13)9-15(19)17-10-11-4-6-14(18)7-5-11/h1-3,8,11,14,18H,4-7,9-10H2,(H,17,19). The zero-order valence-electron chi connectivity index (χ0n) is 10.9. The number of amides is 1. The van der Waals surface area contributed by atoms with Crippen molar-refractivity contribution in [2.45, 2.75) is 38.2 Å². The lowest BCUT2D eigenvalue weighted by Crippen LogP contribution is -2.33. The molecule has 1 aromatic rings. The Bertz CT molecular complexity index is 428. The fourth-order valence-corrected chi connectivity index (χ4v) is 2.50. The lowest BCUT2D eigenvalue weighted by Gasteiger charge is -2.25. The summed E-state index contributed by atoms with van der Waals surface area (Å²) in [6.45, 7) is 0.654. The van der Waals surface area contributed by atoms with Gasteiger partial charge < -0.3 is 10.4 Å². The van der Waals surface area contributed by atoms with Crippen molar-refractivity contribution in [2.24, 2.45) is 5.92 Å². The Morgan fingerprint density at radius 2 is 2.05 bits per heavy atom. The van der Waals surface area contributed by atoms with Crippen LogP contribution in [0.2, 0.25) is 0 Å². The summed E-state index contributed by atoms with van der Waals surface area (Å²) in [7, 11) is 0. The second kappa shape index (κ2) is 6.66. The number of benzene rings is 1. The first-order valence-corrected chi connectivity index (χ1v) is 6.82. The van der Waals surface area contributed by atoms with Gasteiger partial charge in [0.25, 0.3) is 0 Å². The smallest absolute Gasteiger partial charge is 0.224 e. The topological polar surface area (TPSA) is 49.3 Å². The predicted octanol–water partition coefficient (Wildman–Crippen LogP) is 2.04. The zero-order chi connectivity index (χ0) is 13.7. The number of rotatable bonds is 4. The summed E-state index contributed by atoms with van der Waals surface area (Å²) in [6.07, 6.45) is 3.62. The van der Waals surface area contributed by atoms with Gasteiger partial charge in [-0.3, -0.25) is 4.79 Å². The first kappa shape index (κ1) is 14.0. The summed E-state index contributed by atoms with van der Waals surface area (Å²) < 4.78 is 13.0. The van der Waals surface area contributed by atoms with E-state index in [4.69, 9.17) is 0 Å². The molecule has 1 fully saturated rings. The van der Waals surface area contributed by atoms with Crippen molar-refractivity contribution in [3.05, 3.63) is 35.6 Å². The van der Waals surface area contributed by atoms with E-state index in [0.29, 0.717) is 18.0 Å². The zero-order valence-corrected chi connectivity index (χ0v) is 10.9. The summed E-state index contributed by atoms with van der Waals surface area (Å²) in [5.74, 6) is 0.0724. The Hall–Kier alpha value is -1.42. The third kappa shape index (κ3) is 4.63. The van der Waals surface area contributed by atoms with E-state index in [2.05, 4.69) is 5.32 Å². The van der Waals surface area contributed by atoms with Crippen LogP contribution >= 0.6 is 0 Å². The van der Waals surface area contributed by atoms with Crippen LogP contribution in [0.15, 0.2) is 24.3 Å². The number of hydrogen-bond acceptors (Lipinski definition) is 2. The van der Waals surface area contributed by atoms with Crippen LogP contribution in [-0.2, 0) is 11.2 Å². The number of carbonyl (C=O) groups is 1. The number of carbonyl (C=O) groups excluding carboxylic acids is 1. The molecule has 1 aliphatic carbocycles. The van der Waals surface area contributed by atoms with Crippen LogP contribution in [0.3, 0.4) is 0 Å². The highest BCUT2D eigenvalue weighted by Crippen LogP contribution is 2.23. The highest BCUT2D eigenvalue weighted by molar-refractivity contribution is 5.78. The van der Waals surface area contributed by atoms with Crippen molar-refractivity contribution in [1.82, 2.24) is 5.32 Å². The maximum absolute atomic E-state index is 13.0. The lowest BCUT2D eigenvalue weighted by molar-refractivity contribution is -0.120. The minimum absolute atomic E-state index is 0.0725. The minimum atomic E-state index is -0.313. The molecule has 104 valence electrons. The molecule has 0 heterocycles. The Balaban J connectivity index is 1.73. The van der Waals surface area contributed by atoms with Gasteiger partial charge in [0, 0.05) is 6.54 Å². The van der Waals surface area contributed by atoms with E-state index in [1.807, 2.05) is 0 Å². The van der Waals surface area contributed by atoms with E-state index in [1.54, 1.807) is 12.1 Å². The molecule has 0 spiro atoms. The van der Waals surface area contributed by atoms with E-state index in [-0.39, 0.29) is 24.2 Å². The molecule has 19 heavy (non-hydrogen) atoms. The van der Waals surface area contributed by atoms with Gasteiger partial charge in [0.1, 0.15) is 5.82 Å². The largest absolute Gasteiger partial charge is 0.393 e. The van der Waals surface area contributed by atoms with Crippen LogP contribution < -0.4 is 5.32 Å². The third-order valence-corrected chi connectivity index (χ3v) is 3.66. The molecule has 0 saturated heterocycles. The van der Waals surface area contributed by atoms with Crippen molar-refractivity contribution in [2.75, 3.05) is 6.54 Å². The normalized spacial score (nSPS) is 23.1. The van der Waals surface area contributed by atoms with Gasteiger partial charge in [-0.05, 0) is 49.3 Å². The van der Waals surface area contributed by atoms with Crippen molar-refractivity contribution >= 4 is 5.91 Å². The van der Waals surface area contributed by atoms with Crippen LogP contribution in [-0.4, -0.2) is 23.7 Å². The summed E-state index contributed by atoms with van der Waals surface area (Å²) in [4.78, 5) is 11.7. The third-order valence-electron chi connectivity index (χ3n) is 3.66. The molecule has 2 N–H and O–H groups in total. The highest BCUT2D eigenvalue weighted by Gasteiger charge is 2.19. The van der Waals surface area contributed by atoms with Gasteiger partial charge in [-0.15, -0.1) is 0 Å². The number of nitrogens with one attached hydrogen (secondary N) is 1. The molecule has 0 unspecified atom stereocenters. The molecule has 0 bridgehead atoms. The first-order chi connectivity index (χ1) is 9.13. The molecule has 0 aliphatic heterocycles. The fraction of sp³-hybridized carbons (Fsp3) is 0.533. The Kier molecular flexibility index (Phi) is 4.91. The Labute approximate surface area is 112 Å². The van der Waals surface area contributed by atoms with E-state index < -0.39 is 0 Å². The maximum atomic E-state index is 13.0. The monoisotopic (exact) mass is 265 g/mol. The summed E-state index contributed by atoms with van der Waals surface area (Å²) >= 11 is 0. The molecule has 0 aromatic heterocycles. The number of halogens is 1. The van der Waals surface area contributed by atoms with Gasteiger partial charge in [0.2, 0.25) is 5.91 Å². The highest BCUT2D eigenvalue weighted by atomic mass is 19.1. The molecule has 1 aliphatic rings. The van der Waals surface area contributed by atoms with Crippen molar-refractivity contribution in [3.8, 4) is 0 Å². The maximum Gasteiger partial charge on any atom is 0.224 e. The van der Waals surface area contributed by atoms with E-state index in [1.165, 1.54) is 12.1 Å². The quantitative estimate of drug-likeness (QED) is 0.875. The molecular formula is C15H20FNO2. The van der Waals surface area contributed by atoms with Crippen LogP contribution in [0.4, 0.5) is 4.39 Å². The second-order valence-corrected chi connectivity index (χ2v) is 5.29. The van der Waals surface area contributed by atoms with Crippen molar-refractivity contribution in [1.29, 1.82) is 0 Å². The fourth-order valence-electron chi connectivity index (χ4n) is 2.50. The SMILES string of the molecule is O=C(Cc1cccc(F)c1)NCC1CCC(O)CC1. The Morgan fingerprint density at radius 1 is 1.32 bits per heavy atom.